The topological polar surface area (TPSA) is 67.2 Å². The van der Waals surface area contributed by atoms with Crippen LogP contribution < -0.4 is 0 Å². The van der Waals surface area contributed by atoms with Crippen molar-refractivity contribution in [1.29, 1.82) is 5.26 Å². The molecule has 0 amide bonds. The fourth-order valence-corrected chi connectivity index (χ4v) is 3.68. The van der Waals surface area contributed by atoms with Gasteiger partial charge in [0.15, 0.2) is 11.2 Å². The number of ether oxygens (including phenoxy) is 1. The molecule has 0 unspecified atom stereocenters. The SMILES string of the molecule is CCOC(=O)[C@@]1(C#N)[C@H](C(=O)c2ccccc2)[C@H]1c1ccc(Cl)c(Cl)c1. The fraction of sp³-hybridized carbons (Fsp3) is 0.250. The summed E-state index contributed by atoms with van der Waals surface area (Å²) in [5, 5.41) is 10.5. The van der Waals surface area contributed by atoms with Crippen molar-refractivity contribution in [2.24, 2.45) is 11.3 Å². The van der Waals surface area contributed by atoms with Crippen molar-refractivity contribution in [2.75, 3.05) is 6.61 Å². The van der Waals surface area contributed by atoms with E-state index in [4.69, 9.17) is 27.9 Å². The molecule has 2 aromatic rings. The van der Waals surface area contributed by atoms with Gasteiger partial charge in [0.25, 0.3) is 0 Å². The standard InChI is InChI=1S/C20H15Cl2NO3/c1-2-26-19(25)20(11-23)16(13-8-9-14(21)15(22)10-13)17(20)18(24)12-6-4-3-5-7-12/h3-10,16-17H,2H2,1H3/t16-,17+,20-/m1/s1. The van der Waals surface area contributed by atoms with Crippen LogP contribution in [0.4, 0.5) is 0 Å². The van der Waals surface area contributed by atoms with E-state index in [9.17, 15) is 14.9 Å². The van der Waals surface area contributed by atoms with Crippen molar-refractivity contribution in [2.45, 2.75) is 12.8 Å². The Hall–Kier alpha value is -2.35. The van der Waals surface area contributed by atoms with Crippen molar-refractivity contribution in [3.63, 3.8) is 0 Å². The van der Waals surface area contributed by atoms with Gasteiger partial charge in [0.2, 0.25) is 0 Å². The van der Waals surface area contributed by atoms with E-state index in [0.29, 0.717) is 21.2 Å². The van der Waals surface area contributed by atoms with Crippen LogP contribution in [-0.4, -0.2) is 18.4 Å². The Kier molecular flexibility index (Phi) is 5.04. The molecule has 1 fully saturated rings. The van der Waals surface area contributed by atoms with Gasteiger partial charge in [0, 0.05) is 11.5 Å². The van der Waals surface area contributed by atoms with Gasteiger partial charge in [-0.2, -0.15) is 5.26 Å². The molecule has 0 N–H and O–H groups in total. The van der Waals surface area contributed by atoms with Crippen LogP contribution in [0.15, 0.2) is 48.5 Å². The smallest absolute Gasteiger partial charge is 0.327 e. The largest absolute Gasteiger partial charge is 0.465 e. The molecule has 0 bridgehead atoms. The second kappa shape index (κ2) is 7.11. The van der Waals surface area contributed by atoms with Crippen LogP contribution in [0.1, 0.15) is 28.8 Å². The molecule has 4 nitrogen and oxygen atoms in total. The number of Topliss-reactive ketones (excluding diaryl/α,β-unsaturated/α-hetero) is 1. The molecular weight excluding hydrogens is 373 g/mol. The fourth-order valence-electron chi connectivity index (χ4n) is 3.38. The number of esters is 1. The summed E-state index contributed by atoms with van der Waals surface area (Å²) in [6, 6.07) is 15.5. The monoisotopic (exact) mass is 387 g/mol. The van der Waals surface area contributed by atoms with Crippen molar-refractivity contribution in [3.05, 3.63) is 69.7 Å². The number of halogens is 2. The molecule has 132 valence electrons. The highest BCUT2D eigenvalue weighted by Crippen LogP contribution is 2.66. The molecule has 3 rings (SSSR count). The summed E-state index contributed by atoms with van der Waals surface area (Å²) in [5.41, 5.74) is -0.493. The van der Waals surface area contributed by atoms with Gasteiger partial charge in [-0.05, 0) is 24.6 Å². The predicted octanol–water partition coefficient (Wildman–Crippen LogP) is 4.66. The second-order valence-corrected chi connectivity index (χ2v) is 6.87. The maximum Gasteiger partial charge on any atom is 0.327 e. The Morgan fingerprint density at radius 3 is 2.42 bits per heavy atom. The minimum Gasteiger partial charge on any atom is -0.465 e. The molecule has 0 spiro atoms. The summed E-state index contributed by atoms with van der Waals surface area (Å²) in [6.45, 7) is 1.79. The molecule has 0 aromatic heterocycles. The minimum atomic E-state index is -1.56. The minimum absolute atomic E-state index is 0.128. The first-order valence-electron chi connectivity index (χ1n) is 8.10. The summed E-state index contributed by atoms with van der Waals surface area (Å²) in [5.74, 6) is -2.41. The lowest BCUT2D eigenvalue weighted by Gasteiger charge is -2.08. The summed E-state index contributed by atoms with van der Waals surface area (Å²) >= 11 is 12.1. The summed E-state index contributed by atoms with van der Waals surface area (Å²) in [6.07, 6.45) is 0. The maximum atomic E-state index is 13.0. The van der Waals surface area contributed by atoms with Crippen molar-refractivity contribution in [1.82, 2.24) is 0 Å². The molecule has 0 aliphatic heterocycles. The highest BCUT2D eigenvalue weighted by atomic mass is 35.5. The zero-order chi connectivity index (χ0) is 18.9. The normalized spacial score (nSPS) is 23.8. The highest BCUT2D eigenvalue weighted by Gasteiger charge is 2.75. The van der Waals surface area contributed by atoms with Crippen molar-refractivity contribution < 1.29 is 14.3 Å². The lowest BCUT2D eigenvalue weighted by atomic mass is 9.99. The zero-order valence-electron chi connectivity index (χ0n) is 13.9. The first-order chi connectivity index (χ1) is 12.5. The number of hydrogen-bond acceptors (Lipinski definition) is 4. The van der Waals surface area contributed by atoms with Crippen LogP contribution in [0.3, 0.4) is 0 Å². The Bertz CT molecular complexity index is 907. The third-order valence-electron chi connectivity index (χ3n) is 4.65. The Morgan fingerprint density at radius 2 is 1.85 bits per heavy atom. The summed E-state index contributed by atoms with van der Waals surface area (Å²) in [4.78, 5) is 25.6. The van der Waals surface area contributed by atoms with E-state index in [1.165, 1.54) is 0 Å². The van der Waals surface area contributed by atoms with Crippen molar-refractivity contribution in [3.8, 4) is 6.07 Å². The number of hydrogen-bond donors (Lipinski definition) is 0. The van der Waals surface area contributed by atoms with Gasteiger partial charge in [-0.15, -0.1) is 0 Å². The van der Waals surface area contributed by atoms with Crippen LogP contribution in [0.2, 0.25) is 10.0 Å². The molecule has 1 aliphatic carbocycles. The number of benzene rings is 2. The van der Waals surface area contributed by atoms with Crippen LogP contribution in [0, 0.1) is 22.7 Å². The van der Waals surface area contributed by atoms with Gasteiger partial charge in [0.1, 0.15) is 0 Å². The first kappa shape index (κ1) is 18.4. The van der Waals surface area contributed by atoms with Gasteiger partial charge in [0.05, 0.1) is 28.6 Å². The maximum absolute atomic E-state index is 13.0. The van der Waals surface area contributed by atoms with Crippen LogP contribution in [-0.2, 0) is 9.53 Å². The van der Waals surface area contributed by atoms with E-state index in [0.717, 1.165) is 0 Å². The van der Waals surface area contributed by atoms with Crippen LogP contribution >= 0.6 is 23.2 Å². The van der Waals surface area contributed by atoms with E-state index in [1.54, 1.807) is 55.5 Å². The molecule has 0 radical (unpaired) electrons. The number of rotatable bonds is 5. The number of nitriles is 1. The molecular formula is C20H15Cl2NO3. The van der Waals surface area contributed by atoms with Gasteiger partial charge in [-0.1, -0.05) is 59.6 Å². The molecule has 1 saturated carbocycles. The van der Waals surface area contributed by atoms with E-state index in [1.807, 2.05) is 6.07 Å². The zero-order valence-corrected chi connectivity index (χ0v) is 15.4. The molecule has 26 heavy (non-hydrogen) atoms. The number of carbonyl (C=O) groups is 2. The Balaban J connectivity index is 2.07. The number of carbonyl (C=O) groups excluding carboxylic acids is 2. The molecule has 6 heteroatoms. The third kappa shape index (κ3) is 2.88. The molecule has 0 heterocycles. The molecule has 1 aliphatic rings. The average molecular weight is 388 g/mol. The average Bonchev–Trinajstić information content (AvgIpc) is 3.34. The number of ketones is 1. The Labute approximate surface area is 161 Å². The quantitative estimate of drug-likeness (QED) is 0.552. The lowest BCUT2D eigenvalue weighted by Crippen LogP contribution is -2.23. The van der Waals surface area contributed by atoms with Gasteiger partial charge in [-0.3, -0.25) is 9.59 Å². The van der Waals surface area contributed by atoms with E-state index >= 15 is 0 Å². The second-order valence-electron chi connectivity index (χ2n) is 6.06. The third-order valence-corrected chi connectivity index (χ3v) is 5.39. The lowest BCUT2D eigenvalue weighted by molar-refractivity contribution is -0.147. The summed E-state index contributed by atoms with van der Waals surface area (Å²) < 4.78 is 5.11. The van der Waals surface area contributed by atoms with E-state index in [2.05, 4.69) is 0 Å². The van der Waals surface area contributed by atoms with Crippen LogP contribution in [0.25, 0.3) is 0 Å². The van der Waals surface area contributed by atoms with Gasteiger partial charge < -0.3 is 4.74 Å². The van der Waals surface area contributed by atoms with E-state index < -0.39 is 23.2 Å². The van der Waals surface area contributed by atoms with Gasteiger partial charge in [-0.25, -0.2) is 0 Å². The van der Waals surface area contributed by atoms with Gasteiger partial charge >= 0.3 is 5.97 Å². The molecule has 2 aromatic carbocycles. The first-order valence-corrected chi connectivity index (χ1v) is 8.85. The molecule has 3 atom stereocenters. The predicted molar refractivity (Wildman–Crippen MR) is 98.1 cm³/mol. The molecule has 0 saturated heterocycles. The Morgan fingerprint density at radius 1 is 1.15 bits per heavy atom. The highest BCUT2D eigenvalue weighted by molar-refractivity contribution is 6.42. The van der Waals surface area contributed by atoms with E-state index in [-0.39, 0.29) is 12.4 Å². The van der Waals surface area contributed by atoms with Crippen molar-refractivity contribution >= 4 is 35.0 Å². The number of nitrogens with zero attached hydrogens (tertiary/aromatic N) is 1. The summed E-state index contributed by atoms with van der Waals surface area (Å²) in [7, 11) is 0. The van der Waals surface area contributed by atoms with Crippen LogP contribution in [0.5, 0.6) is 0 Å².